The first kappa shape index (κ1) is 14.0. The largest absolute Gasteiger partial charge is 0.481 e. The fourth-order valence-corrected chi connectivity index (χ4v) is 1.50. The van der Waals surface area contributed by atoms with Gasteiger partial charge in [-0.15, -0.1) is 0 Å². The first-order valence-corrected chi connectivity index (χ1v) is 5.07. The molecule has 1 aromatic carbocycles. The molecule has 0 radical (unpaired) electrons. The van der Waals surface area contributed by atoms with Crippen LogP contribution in [0, 0.1) is 17.2 Å². The molecular formula is C12H10F3NO2. The number of hydrogen-bond acceptors (Lipinski definition) is 2. The lowest BCUT2D eigenvalue weighted by Gasteiger charge is -2.14. The van der Waals surface area contributed by atoms with Crippen molar-refractivity contribution in [2.24, 2.45) is 5.92 Å². The number of hydrogen-bond donors (Lipinski definition) is 1. The molecule has 1 N–H and O–H groups in total. The van der Waals surface area contributed by atoms with E-state index >= 15 is 0 Å². The molecule has 0 bridgehead atoms. The third-order valence-corrected chi connectivity index (χ3v) is 2.63. The standard InChI is InChI=1S/C12H10F3NO2/c1-7(11(17)18)10(6-16)8-2-4-9(5-3-8)12(13,14)15/h2-5,7,10H,1H3,(H,17,18). The molecule has 0 saturated heterocycles. The number of rotatable bonds is 3. The predicted molar refractivity (Wildman–Crippen MR) is 56.6 cm³/mol. The first-order valence-electron chi connectivity index (χ1n) is 5.07. The number of nitrogens with zero attached hydrogens (tertiary/aromatic N) is 1. The zero-order valence-electron chi connectivity index (χ0n) is 9.40. The van der Waals surface area contributed by atoms with Gasteiger partial charge in [0.15, 0.2) is 0 Å². The van der Waals surface area contributed by atoms with Crippen molar-refractivity contribution in [1.29, 1.82) is 5.26 Å². The molecule has 0 aliphatic heterocycles. The number of nitriles is 1. The van der Waals surface area contributed by atoms with E-state index < -0.39 is 29.5 Å². The van der Waals surface area contributed by atoms with Gasteiger partial charge in [-0.25, -0.2) is 0 Å². The summed E-state index contributed by atoms with van der Waals surface area (Å²) in [6.45, 7) is 1.34. The van der Waals surface area contributed by atoms with E-state index in [-0.39, 0.29) is 5.56 Å². The molecule has 6 heteroatoms. The lowest BCUT2D eigenvalue weighted by atomic mass is 9.88. The van der Waals surface area contributed by atoms with Gasteiger partial charge in [0.05, 0.1) is 23.5 Å². The molecule has 0 amide bonds. The zero-order valence-corrected chi connectivity index (χ0v) is 9.40. The highest BCUT2D eigenvalue weighted by Gasteiger charge is 2.31. The van der Waals surface area contributed by atoms with Crippen molar-refractivity contribution >= 4 is 5.97 Å². The molecule has 1 rings (SSSR count). The Kier molecular flexibility index (Phi) is 3.96. The minimum Gasteiger partial charge on any atom is -0.481 e. The van der Waals surface area contributed by atoms with Gasteiger partial charge in [0, 0.05) is 0 Å². The number of benzene rings is 1. The van der Waals surface area contributed by atoms with Crippen molar-refractivity contribution in [2.45, 2.75) is 19.0 Å². The van der Waals surface area contributed by atoms with Crippen molar-refractivity contribution < 1.29 is 23.1 Å². The number of carbonyl (C=O) groups is 1. The van der Waals surface area contributed by atoms with E-state index in [0.717, 1.165) is 24.3 Å². The van der Waals surface area contributed by atoms with Gasteiger partial charge in [-0.2, -0.15) is 18.4 Å². The Morgan fingerprint density at radius 2 is 1.83 bits per heavy atom. The molecule has 0 heterocycles. The van der Waals surface area contributed by atoms with Crippen LogP contribution in [0.2, 0.25) is 0 Å². The van der Waals surface area contributed by atoms with Gasteiger partial charge in [0.1, 0.15) is 0 Å². The number of halogens is 3. The maximum atomic E-state index is 12.3. The molecule has 0 aliphatic rings. The highest BCUT2D eigenvalue weighted by molar-refractivity contribution is 5.71. The van der Waals surface area contributed by atoms with Gasteiger partial charge in [-0.05, 0) is 17.7 Å². The number of carboxylic acids is 1. The monoisotopic (exact) mass is 257 g/mol. The molecule has 0 aromatic heterocycles. The van der Waals surface area contributed by atoms with Crippen LogP contribution >= 0.6 is 0 Å². The summed E-state index contributed by atoms with van der Waals surface area (Å²) in [7, 11) is 0. The maximum absolute atomic E-state index is 12.3. The summed E-state index contributed by atoms with van der Waals surface area (Å²) in [5.74, 6) is -3.11. The molecule has 0 aliphatic carbocycles. The first-order chi connectivity index (χ1) is 8.27. The number of carboxylic acid groups (broad SMARTS) is 1. The Morgan fingerprint density at radius 1 is 1.33 bits per heavy atom. The summed E-state index contributed by atoms with van der Waals surface area (Å²) < 4.78 is 37.0. The van der Waals surface area contributed by atoms with E-state index in [4.69, 9.17) is 10.4 Å². The van der Waals surface area contributed by atoms with Crippen LogP contribution in [0.1, 0.15) is 24.0 Å². The van der Waals surface area contributed by atoms with Crippen molar-refractivity contribution in [1.82, 2.24) is 0 Å². The summed E-state index contributed by atoms with van der Waals surface area (Å²) in [5.41, 5.74) is -0.564. The molecule has 3 nitrogen and oxygen atoms in total. The molecule has 2 atom stereocenters. The van der Waals surface area contributed by atoms with Gasteiger partial charge < -0.3 is 5.11 Å². The van der Waals surface area contributed by atoms with Crippen LogP contribution in [0.5, 0.6) is 0 Å². The second-order valence-electron chi connectivity index (χ2n) is 3.85. The normalized spacial score (nSPS) is 14.6. The van der Waals surface area contributed by atoms with E-state index in [2.05, 4.69) is 0 Å². The highest BCUT2D eigenvalue weighted by atomic mass is 19.4. The van der Waals surface area contributed by atoms with E-state index in [1.165, 1.54) is 6.92 Å². The Labute approximate surface area is 101 Å². The predicted octanol–water partition coefficient (Wildman–Crippen LogP) is 3.03. The molecule has 0 saturated carbocycles. The van der Waals surface area contributed by atoms with E-state index in [1.54, 1.807) is 6.07 Å². The minimum atomic E-state index is -4.45. The lowest BCUT2D eigenvalue weighted by Crippen LogP contribution is -2.18. The fraction of sp³-hybridized carbons (Fsp3) is 0.333. The third kappa shape index (κ3) is 3.00. The average molecular weight is 257 g/mol. The quantitative estimate of drug-likeness (QED) is 0.905. The van der Waals surface area contributed by atoms with Crippen molar-refractivity contribution in [3.8, 4) is 6.07 Å². The fourth-order valence-electron chi connectivity index (χ4n) is 1.50. The number of aliphatic carboxylic acids is 1. The summed E-state index contributed by atoms with van der Waals surface area (Å²) in [4.78, 5) is 10.8. The van der Waals surface area contributed by atoms with Crippen LogP contribution in [0.4, 0.5) is 13.2 Å². The molecule has 96 valence electrons. The minimum absolute atomic E-state index is 0.264. The second kappa shape index (κ2) is 5.08. The Hall–Kier alpha value is -2.03. The van der Waals surface area contributed by atoms with E-state index in [1.807, 2.05) is 0 Å². The van der Waals surface area contributed by atoms with Crippen LogP contribution in [0.15, 0.2) is 24.3 Å². The molecule has 18 heavy (non-hydrogen) atoms. The topological polar surface area (TPSA) is 61.1 Å². The third-order valence-electron chi connectivity index (χ3n) is 2.63. The van der Waals surface area contributed by atoms with Crippen LogP contribution in [0.25, 0.3) is 0 Å². The summed E-state index contributed by atoms with van der Waals surface area (Å²) in [5, 5.41) is 17.7. The molecular weight excluding hydrogens is 247 g/mol. The smallest absolute Gasteiger partial charge is 0.416 e. The molecule has 0 fully saturated rings. The summed E-state index contributed by atoms with van der Waals surface area (Å²) in [6.07, 6.45) is -4.45. The Morgan fingerprint density at radius 3 is 2.17 bits per heavy atom. The van der Waals surface area contributed by atoms with Crippen LogP contribution in [-0.2, 0) is 11.0 Å². The number of alkyl halides is 3. The van der Waals surface area contributed by atoms with Gasteiger partial charge in [-0.3, -0.25) is 4.79 Å². The molecule has 1 aromatic rings. The van der Waals surface area contributed by atoms with Gasteiger partial charge in [0.25, 0.3) is 0 Å². The maximum Gasteiger partial charge on any atom is 0.416 e. The van der Waals surface area contributed by atoms with Crippen molar-refractivity contribution in [3.63, 3.8) is 0 Å². The van der Waals surface area contributed by atoms with E-state index in [0.29, 0.717) is 0 Å². The van der Waals surface area contributed by atoms with E-state index in [9.17, 15) is 18.0 Å². The summed E-state index contributed by atoms with van der Waals surface area (Å²) >= 11 is 0. The van der Waals surface area contributed by atoms with Crippen molar-refractivity contribution in [2.75, 3.05) is 0 Å². The lowest BCUT2D eigenvalue weighted by molar-refractivity contribution is -0.141. The second-order valence-corrected chi connectivity index (χ2v) is 3.85. The van der Waals surface area contributed by atoms with Gasteiger partial charge >= 0.3 is 12.1 Å². The van der Waals surface area contributed by atoms with Crippen LogP contribution in [-0.4, -0.2) is 11.1 Å². The van der Waals surface area contributed by atoms with Crippen molar-refractivity contribution in [3.05, 3.63) is 35.4 Å². The Bertz CT molecular complexity index is 474. The van der Waals surface area contributed by atoms with Crippen LogP contribution < -0.4 is 0 Å². The molecule has 0 spiro atoms. The van der Waals surface area contributed by atoms with Gasteiger partial charge in [-0.1, -0.05) is 19.1 Å². The highest BCUT2D eigenvalue weighted by Crippen LogP contribution is 2.31. The SMILES string of the molecule is CC(C(=O)O)C(C#N)c1ccc(C(F)(F)F)cc1. The van der Waals surface area contributed by atoms with Crippen LogP contribution in [0.3, 0.4) is 0 Å². The zero-order chi connectivity index (χ0) is 13.9. The Balaban J connectivity index is 3.04. The summed E-state index contributed by atoms with van der Waals surface area (Å²) in [6, 6.07) is 5.75. The van der Waals surface area contributed by atoms with Gasteiger partial charge in [0.2, 0.25) is 0 Å². The molecule has 2 unspecified atom stereocenters. The average Bonchev–Trinajstić information content (AvgIpc) is 2.29.